The van der Waals surface area contributed by atoms with E-state index in [-0.39, 0.29) is 24.2 Å². The predicted octanol–water partition coefficient (Wildman–Crippen LogP) is 5.60. The van der Waals surface area contributed by atoms with Crippen molar-refractivity contribution in [2.45, 2.75) is 31.6 Å². The third-order valence-electron chi connectivity index (χ3n) is 6.70. The van der Waals surface area contributed by atoms with Crippen LogP contribution in [0.2, 0.25) is 0 Å². The quantitative estimate of drug-likeness (QED) is 0.251. The molecule has 5 aromatic rings. The summed E-state index contributed by atoms with van der Waals surface area (Å²) >= 11 is 0. The molecule has 3 aromatic heterocycles. The lowest BCUT2D eigenvalue weighted by Crippen LogP contribution is -2.32. The zero-order valence-corrected chi connectivity index (χ0v) is 21.3. The predicted molar refractivity (Wildman–Crippen MR) is 140 cm³/mol. The van der Waals surface area contributed by atoms with Gasteiger partial charge in [-0.3, -0.25) is 4.31 Å². The van der Waals surface area contributed by atoms with Gasteiger partial charge in [0.1, 0.15) is 28.7 Å². The van der Waals surface area contributed by atoms with Crippen LogP contribution in [0.5, 0.6) is 5.88 Å². The number of sulfonamides is 1. The van der Waals surface area contributed by atoms with E-state index in [1.807, 2.05) is 6.07 Å². The number of aromatic hydroxyl groups is 1. The monoisotopic (exact) mass is 536 g/mol. The molecule has 0 unspecified atom stereocenters. The molecule has 0 aliphatic heterocycles. The zero-order chi connectivity index (χ0) is 26.4. The number of furan rings is 1. The molecule has 6 rings (SSSR count). The second-order valence-electron chi connectivity index (χ2n) is 9.52. The molecule has 11 heteroatoms. The number of aromatic nitrogens is 3. The lowest BCUT2D eigenvalue weighted by atomic mass is 10.0. The van der Waals surface area contributed by atoms with E-state index in [1.54, 1.807) is 30.6 Å². The van der Waals surface area contributed by atoms with Crippen molar-refractivity contribution in [3.05, 3.63) is 72.0 Å². The summed E-state index contributed by atoms with van der Waals surface area (Å²) in [7, 11) is -3.63. The molecule has 3 heterocycles. The minimum Gasteiger partial charge on any atom is -0.491 e. The molecular weight excluding hydrogens is 511 g/mol. The summed E-state index contributed by atoms with van der Waals surface area (Å²) in [6, 6.07) is 11.2. The molecule has 2 aromatic carbocycles. The zero-order valence-electron chi connectivity index (χ0n) is 20.5. The van der Waals surface area contributed by atoms with E-state index in [1.165, 1.54) is 28.8 Å². The van der Waals surface area contributed by atoms with Crippen LogP contribution in [-0.4, -0.2) is 41.4 Å². The van der Waals surface area contributed by atoms with Crippen LogP contribution < -0.4 is 4.31 Å². The molecule has 1 saturated carbocycles. The number of H-pyrrole nitrogens is 1. The number of hydrogen-bond donors (Lipinski definition) is 2. The van der Waals surface area contributed by atoms with Crippen LogP contribution in [0, 0.1) is 5.82 Å². The average molecular weight is 537 g/mol. The van der Waals surface area contributed by atoms with Gasteiger partial charge in [0.2, 0.25) is 10.0 Å². The fourth-order valence-corrected chi connectivity index (χ4v) is 5.79. The van der Waals surface area contributed by atoms with Crippen LogP contribution in [0.3, 0.4) is 0 Å². The molecule has 196 valence electrons. The Morgan fingerprint density at radius 2 is 1.97 bits per heavy atom. The number of hydrogen-bond acceptors (Lipinski definition) is 7. The lowest BCUT2D eigenvalue weighted by Gasteiger charge is -2.25. The first kappa shape index (κ1) is 24.2. The first-order chi connectivity index (χ1) is 18.3. The van der Waals surface area contributed by atoms with Crippen LogP contribution >= 0.6 is 0 Å². The summed E-state index contributed by atoms with van der Waals surface area (Å²) in [6.07, 6.45) is 7.36. The molecule has 38 heavy (non-hydrogen) atoms. The smallest absolute Gasteiger partial charge is 0.251 e. The van der Waals surface area contributed by atoms with Crippen molar-refractivity contribution in [2.75, 3.05) is 17.1 Å². The van der Waals surface area contributed by atoms with Crippen LogP contribution in [0.4, 0.5) is 10.1 Å². The minimum atomic E-state index is -3.63. The second-order valence-corrected chi connectivity index (χ2v) is 11.4. The normalized spacial score (nSPS) is 13.8. The lowest BCUT2D eigenvalue weighted by molar-refractivity contribution is 0.340. The minimum absolute atomic E-state index is 0.205. The molecule has 0 spiro atoms. The first-order valence-electron chi connectivity index (χ1n) is 12.3. The maximum Gasteiger partial charge on any atom is 0.251 e. The number of imidazole rings is 1. The number of fused-ring (bicyclic) bond motifs is 1. The highest BCUT2D eigenvalue weighted by Gasteiger charge is 2.32. The standard InChI is InChI=1S/C27H25FN4O5S/c1-38(34,35)32(12-2-3-19-13-24(33)31-37-19)22-15-23-21(14-20(22)16-4-5-16)25(27-29-10-11-30-27)26(36-23)17-6-8-18(28)9-7-17/h6-11,13-16H,2-5,12H2,1H3,(H,29,30)(H,31,33). The molecule has 0 saturated heterocycles. The molecular formula is C27H25FN4O5S. The summed E-state index contributed by atoms with van der Waals surface area (Å²) in [4.78, 5) is 7.58. The third-order valence-corrected chi connectivity index (χ3v) is 7.88. The average Bonchev–Trinajstić information content (AvgIpc) is 3.23. The van der Waals surface area contributed by atoms with Crippen molar-refractivity contribution in [1.82, 2.24) is 15.1 Å². The van der Waals surface area contributed by atoms with Crippen LogP contribution in [0.15, 0.2) is 63.8 Å². The number of aryl methyl sites for hydroxylation is 1. The Hall–Kier alpha value is -4.12. The van der Waals surface area contributed by atoms with Crippen molar-refractivity contribution >= 4 is 26.7 Å². The van der Waals surface area contributed by atoms with Gasteiger partial charge in [0.05, 0.1) is 17.5 Å². The van der Waals surface area contributed by atoms with E-state index in [2.05, 4.69) is 15.1 Å². The largest absolute Gasteiger partial charge is 0.491 e. The van der Waals surface area contributed by atoms with Gasteiger partial charge in [-0.1, -0.05) is 0 Å². The summed E-state index contributed by atoms with van der Waals surface area (Å²) in [5.41, 5.74) is 3.43. The Morgan fingerprint density at radius 3 is 2.61 bits per heavy atom. The summed E-state index contributed by atoms with van der Waals surface area (Å²) in [5.74, 6) is 1.28. The Kier molecular flexibility index (Phi) is 5.94. The van der Waals surface area contributed by atoms with Gasteiger partial charge < -0.3 is 19.0 Å². The number of benzene rings is 2. The van der Waals surface area contributed by atoms with Crippen molar-refractivity contribution in [1.29, 1.82) is 0 Å². The number of nitrogens with one attached hydrogen (secondary N) is 1. The molecule has 0 atom stereocenters. The van der Waals surface area contributed by atoms with Gasteiger partial charge in [0.15, 0.2) is 0 Å². The van der Waals surface area contributed by atoms with Crippen LogP contribution in [0.1, 0.15) is 36.5 Å². The van der Waals surface area contributed by atoms with Crippen molar-refractivity contribution in [3.8, 4) is 28.6 Å². The molecule has 0 amide bonds. The van der Waals surface area contributed by atoms with E-state index in [4.69, 9.17) is 8.94 Å². The number of halogens is 1. The molecule has 0 bridgehead atoms. The van der Waals surface area contributed by atoms with E-state index in [0.717, 1.165) is 29.4 Å². The van der Waals surface area contributed by atoms with E-state index < -0.39 is 10.0 Å². The molecule has 1 fully saturated rings. The Bertz CT molecular complexity index is 1700. The van der Waals surface area contributed by atoms with Gasteiger partial charge in [-0.2, -0.15) is 0 Å². The molecule has 1 aliphatic rings. The topological polar surface area (TPSA) is 125 Å². The highest BCUT2D eigenvalue weighted by molar-refractivity contribution is 7.92. The fourth-order valence-electron chi connectivity index (χ4n) is 4.81. The Morgan fingerprint density at radius 1 is 1.18 bits per heavy atom. The van der Waals surface area contributed by atoms with E-state index in [0.29, 0.717) is 47.0 Å². The summed E-state index contributed by atoms with van der Waals surface area (Å²) in [6.45, 7) is 0.210. The Balaban J connectivity index is 1.47. The second kappa shape index (κ2) is 9.32. The highest BCUT2D eigenvalue weighted by Crippen LogP contribution is 2.49. The summed E-state index contributed by atoms with van der Waals surface area (Å²) < 4.78 is 52.4. The van der Waals surface area contributed by atoms with E-state index >= 15 is 0 Å². The van der Waals surface area contributed by atoms with Crippen molar-refractivity contribution < 1.29 is 26.9 Å². The number of rotatable bonds is 9. The number of nitrogens with zero attached hydrogens (tertiary/aromatic N) is 3. The molecule has 9 nitrogen and oxygen atoms in total. The van der Waals surface area contributed by atoms with Gasteiger partial charge in [0, 0.05) is 48.4 Å². The highest BCUT2D eigenvalue weighted by atomic mass is 32.2. The molecule has 0 radical (unpaired) electrons. The molecule has 2 N–H and O–H groups in total. The Labute approximate surface area is 218 Å². The van der Waals surface area contributed by atoms with Crippen molar-refractivity contribution in [3.63, 3.8) is 0 Å². The third kappa shape index (κ3) is 4.65. The van der Waals surface area contributed by atoms with Crippen LogP contribution in [-0.2, 0) is 16.4 Å². The van der Waals surface area contributed by atoms with E-state index in [9.17, 15) is 17.9 Å². The number of aromatic amines is 1. The van der Waals surface area contributed by atoms with Gasteiger partial charge in [-0.05, 0) is 66.2 Å². The van der Waals surface area contributed by atoms with Gasteiger partial charge in [-0.25, -0.2) is 17.8 Å². The van der Waals surface area contributed by atoms with Gasteiger partial charge in [0.25, 0.3) is 5.88 Å². The maximum atomic E-state index is 13.7. The van der Waals surface area contributed by atoms with Gasteiger partial charge in [-0.15, -0.1) is 0 Å². The van der Waals surface area contributed by atoms with Crippen LogP contribution in [0.25, 0.3) is 33.7 Å². The van der Waals surface area contributed by atoms with Gasteiger partial charge >= 0.3 is 0 Å². The maximum absolute atomic E-state index is 13.7. The molecule has 1 aliphatic carbocycles. The SMILES string of the molecule is CS(=O)(=O)N(CCCc1cc(O)no1)c1cc2oc(-c3ccc(F)cc3)c(-c3ncc[nH]3)c2cc1C1CC1. The van der Waals surface area contributed by atoms with Crippen molar-refractivity contribution in [2.24, 2.45) is 0 Å². The number of anilines is 1. The fraction of sp³-hybridized carbons (Fsp3) is 0.259. The first-order valence-corrected chi connectivity index (χ1v) is 14.1. The summed E-state index contributed by atoms with van der Waals surface area (Å²) in [5, 5.41) is 13.7.